The number of aryl methyl sites for hydroxylation is 1. The molecule has 1 aromatic heterocycles. The third-order valence-corrected chi connectivity index (χ3v) is 6.57. The molecule has 9 heteroatoms. The average Bonchev–Trinajstić information content (AvgIpc) is 2.83. The maximum atomic E-state index is 13.4. The molecule has 0 unspecified atom stereocenters. The first-order valence-electron chi connectivity index (χ1n) is 11.0. The Morgan fingerprint density at radius 2 is 1.41 bits per heavy atom. The van der Waals surface area contributed by atoms with E-state index in [-0.39, 0.29) is 38.3 Å². The maximum Gasteiger partial charge on any atom is 0.201 e. The summed E-state index contributed by atoms with van der Waals surface area (Å²) in [6, 6.07) is 10.2. The van der Waals surface area contributed by atoms with Crippen LogP contribution < -0.4 is 16.1 Å². The van der Waals surface area contributed by atoms with E-state index in [2.05, 4.69) is 0 Å². The number of carbonyl (C=O) groups excluding carboxylic acids is 1. The third-order valence-electron chi connectivity index (χ3n) is 6.57. The van der Waals surface area contributed by atoms with Crippen molar-refractivity contribution < 1.29 is 34.7 Å². The van der Waals surface area contributed by atoms with Crippen LogP contribution in [-0.2, 0) is 0 Å². The van der Waals surface area contributed by atoms with Crippen molar-refractivity contribution in [2.45, 2.75) is 6.92 Å². The molecule has 9 nitrogen and oxygen atoms in total. The van der Waals surface area contributed by atoms with Gasteiger partial charge in [-0.15, -0.1) is 0 Å². The molecule has 6 rings (SSSR count). The van der Waals surface area contributed by atoms with E-state index in [4.69, 9.17) is 4.42 Å². The predicted octanol–water partition coefficient (Wildman–Crippen LogP) is 2.70. The molecule has 0 amide bonds. The van der Waals surface area contributed by atoms with Gasteiger partial charge in [0.25, 0.3) is 0 Å². The summed E-state index contributed by atoms with van der Waals surface area (Å²) >= 11 is 0. The quantitative estimate of drug-likeness (QED) is 0.203. The lowest BCUT2D eigenvalue weighted by atomic mass is 9.86. The van der Waals surface area contributed by atoms with Crippen molar-refractivity contribution in [2.24, 2.45) is 0 Å². The Kier molecular flexibility index (Phi) is 4.40. The molecule has 1 aliphatic carbocycles. The van der Waals surface area contributed by atoms with Gasteiger partial charge in [-0.3, -0.25) is 14.4 Å². The van der Waals surface area contributed by atoms with Gasteiger partial charge in [0, 0.05) is 10.8 Å². The van der Waals surface area contributed by atoms with Gasteiger partial charge in [0.1, 0.15) is 45.3 Å². The van der Waals surface area contributed by atoms with Gasteiger partial charge in [0.05, 0.1) is 27.0 Å². The lowest BCUT2D eigenvalue weighted by Gasteiger charge is -2.19. The lowest BCUT2D eigenvalue weighted by molar-refractivity contribution is 0.103. The van der Waals surface area contributed by atoms with Crippen LogP contribution in [-0.4, -0.2) is 31.3 Å². The molecule has 0 atom stereocenters. The summed E-state index contributed by atoms with van der Waals surface area (Å²) in [5.74, 6) is -3.90. The number of benzene rings is 4. The summed E-state index contributed by atoms with van der Waals surface area (Å²) in [7, 11) is 0. The molecular formula is C28H16O9. The number of carbonyl (C=O) groups is 1. The van der Waals surface area contributed by atoms with E-state index >= 15 is 0 Å². The average molecular weight is 496 g/mol. The highest BCUT2D eigenvalue weighted by molar-refractivity contribution is 6.17. The van der Waals surface area contributed by atoms with Crippen LogP contribution >= 0.6 is 0 Å². The molecule has 182 valence electrons. The molecule has 5 aromatic rings. The van der Waals surface area contributed by atoms with Crippen molar-refractivity contribution in [3.8, 4) is 23.0 Å². The van der Waals surface area contributed by atoms with Gasteiger partial charge in [-0.05, 0) is 55.0 Å². The van der Waals surface area contributed by atoms with E-state index in [0.29, 0.717) is 5.56 Å². The minimum Gasteiger partial charge on any atom is -0.507 e. The number of rotatable bonds is 0. The highest BCUT2D eigenvalue weighted by Crippen LogP contribution is 2.37. The second-order valence-electron chi connectivity index (χ2n) is 8.82. The number of aliphatic hydroxyl groups is 1. The Morgan fingerprint density at radius 1 is 0.676 bits per heavy atom. The smallest absolute Gasteiger partial charge is 0.201 e. The Labute approximate surface area is 205 Å². The van der Waals surface area contributed by atoms with Crippen LogP contribution in [0.25, 0.3) is 27.7 Å². The molecule has 37 heavy (non-hydrogen) atoms. The maximum absolute atomic E-state index is 13.4. The summed E-state index contributed by atoms with van der Waals surface area (Å²) in [5, 5.41) is 53.0. The monoisotopic (exact) mass is 496 g/mol. The van der Waals surface area contributed by atoms with E-state index < -0.39 is 61.4 Å². The Morgan fingerprint density at radius 3 is 2.16 bits per heavy atom. The number of phenols is 3. The zero-order valence-corrected chi connectivity index (χ0v) is 19.0. The van der Waals surface area contributed by atoms with Crippen molar-refractivity contribution >= 4 is 33.5 Å². The molecular weight excluding hydrogens is 480 g/mol. The number of ketones is 1. The zero-order valence-electron chi connectivity index (χ0n) is 19.0. The first-order chi connectivity index (χ1) is 17.6. The number of hydrogen-bond donors (Lipinski definition) is 5. The van der Waals surface area contributed by atoms with Crippen molar-refractivity contribution in [3.05, 3.63) is 107 Å². The summed E-state index contributed by atoms with van der Waals surface area (Å²) in [6.45, 7) is 1.65. The minimum atomic E-state index is -0.864. The fraction of sp³-hybridized carbons (Fsp3) is 0.0357. The first-order valence-corrected chi connectivity index (χ1v) is 11.0. The van der Waals surface area contributed by atoms with Gasteiger partial charge in [-0.1, -0.05) is 6.07 Å². The van der Waals surface area contributed by atoms with E-state index in [1.54, 1.807) is 6.92 Å². The van der Waals surface area contributed by atoms with Crippen LogP contribution in [0.2, 0.25) is 0 Å². The summed E-state index contributed by atoms with van der Waals surface area (Å²) < 4.78 is 5.72. The number of aromatic hydroxyl groups is 4. The Hall–Kier alpha value is -5.31. The molecule has 0 radical (unpaired) electrons. The zero-order chi connectivity index (χ0) is 26.3. The standard InChI is InChI=1S/C28H16O9/c1-10-7-11-19(15(31)8-10)26(34)20-12(25(11)33)9-16(32)23(27(20)35)22-14(30)5-6-18-24(22)28(36)21-13(29)3-2-4-17(21)37-18/h2-9,31-33,35-36H,1H3/b23-22-. The lowest BCUT2D eigenvalue weighted by Crippen LogP contribution is -2.26. The van der Waals surface area contributed by atoms with E-state index in [1.165, 1.54) is 36.4 Å². The van der Waals surface area contributed by atoms with Gasteiger partial charge in [-0.2, -0.15) is 0 Å². The largest absolute Gasteiger partial charge is 0.507 e. The van der Waals surface area contributed by atoms with Gasteiger partial charge in [-0.25, -0.2) is 0 Å². The Balaban J connectivity index is 1.91. The van der Waals surface area contributed by atoms with Gasteiger partial charge in [0.15, 0.2) is 10.9 Å². The normalized spacial score (nSPS) is 13.6. The van der Waals surface area contributed by atoms with Crippen molar-refractivity contribution in [2.75, 3.05) is 0 Å². The summed E-state index contributed by atoms with van der Waals surface area (Å²) in [5.41, 5.74) is -1.47. The molecule has 0 fully saturated rings. The van der Waals surface area contributed by atoms with E-state index in [0.717, 1.165) is 12.1 Å². The number of aliphatic hydroxyl groups excluding tert-OH is 1. The minimum absolute atomic E-state index is 0.0158. The second-order valence-corrected chi connectivity index (χ2v) is 8.82. The van der Waals surface area contributed by atoms with Gasteiger partial charge >= 0.3 is 0 Å². The summed E-state index contributed by atoms with van der Waals surface area (Å²) in [4.78, 5) is 39.0. The molecule has 0 saturated heterocycles. The van der Waals surface area contributed by atoms with E-state index in [9.17, 15) is 39.9 Å². The fourth-order valence-corrected chi connectivity index (χ4v) is 4.99. The molecule has 0 bridgehead atoms. The summed E-state index contributed by atoms with van der Waals surface area (Å²) in [6.07, 6.45) is 0. The highest BCUT2D eigenvalue weighted by atomic mass is 16.3. The van der Waals surface area contributed by atoms with Crippen LogP contribution in [0.4, 0.5) is 0 Å². The van der Waals surface area contributed by atoms with E-state index in [1.807, 2.05) is 0 Å². The third kappa shape index (κ3) is 2.88. The Bertz CT molecular complexity index is 2160. The molecule has 4 aromatic carbocycles. The topological polar surface area (TPSA) is 165 Å². The predicted molar refractivity (Wildman–Crippen MR) is 132 cm³/mol. The van der Waals surface area contributed by atoms with Gasteiger partial charge in [0.2, 0.25) is 5.78 Å². The molecule has 1 heterocycles. The van der Waals surface area contributed by atoms with Crippen molar-refractivity contribution in [1.29, 1.82) is 0 Å². The molecule has 0 aliphatic heterocycles. The number of phenolic OH excluding ortho intramolecular Hbond substituents is 3. The number of hydrogen-bond acceptors (Lipinski definition) is 9. The van der Waals surface area contributed by atoms with Gasteiger partial charge < -0.3 is 29.9 Å². The van der Waals surface area contributed by atoms with Crippen LogP contribution in [0.15, 0.2) is 62.5 Å². The molecule has 5 N–H and O–H groups in total. The fourth-order valence-electron chi connectivity index (χ4n) is 4.99. The molecule has 1 aliphatic rings. The van der Waals surface area contributed by atoms with Crippen molar-refractivity contribution in [3.63, 3.8) is 0 Å². The molecule has 0 spiro atoms. The second kappa shape index (κ2) is 7.34. The number of fused-ring (bicyclic) bond motifs is 4. The van der Waals surface area contributed by atoms with Crippen LogP contribution in [0, 0.1) is 17.4 Å². The molecule has 0 saturated carbocycles. The van der Waals surface area contributed by atoms with Crippen LogP contribution in [0.5, 0.6) is 23.0 Å². The first kappa shape index (κ1) is 22.2. The van der Waals surface area contributed by atoms with Crippen LogP contribution in [0.1, 0.15) is 27.0 Å². The van der Waals surface area contributed by atoms with Crippen molar-refractivity contribution in [1.82, 2.24) is 0 Å². The van der Waals surface area contributed by atoms with Crippen LogP contribution in [0.3, 0.4) is 0 Å². The SMILES string of the molecule is Cc1cc(O)c2c(c1)C(O)=c1cc(O)/c(=c3\c(=O)ccc4oc5cccc(=O)c5c(O)c34)c(O)c1C2=O. The highest BCUT2D eigenvalue weighted by Gasteiger charge is 2.31.